The first-order valence-electron chi connectivity index (χ1n) is 3.17. The Bertz CT molecular complexity index is 234. The number of hydrogen-bond acceptors (Lipinski definition) is 4. The van der Waals surface area contributed by atoms with Gasteiger partial charge in [0.15, 0.2) is 5.60 Å². The molecule has 8 nitrogen and oxygen atoms in total. The van der Waals surface area contributed by atoms with Gasteiger partial charge in [-0.15, -0.1) is 12.4 Å². The van der Waals surface area contributed by atoms with Gasteiger partial charge in [0.2, 0.25) is 0 Å². The van der Waals surface area contributed by atoms with Crippen molar-refractivity contribution in [1.82, 2.24) is 0 Å². The Hall–Kier alpha value is -1.38. The summed E-state index contributed by atoms with van der Waals surface area (Å²) in [5.41, 5.74) is -2.74. The van der Waals surface area contributed by atoms with Crippen LogP contribution in [0.15, 0.2) is 0 Å². The van der Waals surface area contributed by atoms with Crippen molar-refractivity contribution in [2.24, 2.45) is 0 Å². The van der Waals surface area contributed by atoms with E-state index in [9.17, 15) is 14.4 Å². The van der Waals surface area contributed by atoms with Crippen molar-refractivity contribution in [2.75, 3.05) is 0 Å². The summed E-state index contributed by atoms with van der Waals surface area (Å²) in [5, 5.41) is 33.8. The molecule has 0 aromatic rings. The normalized spacial score (nSPS) is 9.40. The first-order valence-corrected chi connectivity index (χ1v) is 3.17. The van der Waals surface area contributed by atoms with Crippen molar-refractivity contribution < 1.29 is 40.3 Å². The van der Waals surface area contributed by atoms with Crippen molar-refractivity contribution in [1.29, 1.82) is 0 Å². The zero-order valence-electron chi connectivity index (χ0n) is 7.34. The van der Waals surface area contributed by atoms with Crippen LogP contribution in [-0.2, 0) is 14.4 Å². The molecule has 0 spiro atoms. The summed E-state index contributed by atoms with van der Waals surface area (Å²) >= 11 is 0. The molecule has 0 aromatic carbocycles. The lowest BCUT2D eigenvalue weighted by molar-refractivity contribution is -0.170. The van der Waals surface area contributed by atoms with Crippen LogP contribution in [0.1, 0.15) is 12.8 Å². The van der Waals surface area contributed by atoms with Gasteiger partial charge in [-0.3, -0.25) is 9.59 Å². The van der Waals surface area contributed by atoms with E-state index in [2.05, 4.69) is 0 Å². The number of hydrogen-bond donors (Lipinski definition) is 4. The van der Waals surface area contributed by atoms with Gasteiger partial charge in [-0.2, -0.15) is 0 Å². The molecule has 0 saturated heterocycles. The summed E-state index contributed by atoms with van der Waals surface area (Å²) in [6, 6.07) is 0. The van der Waals surface area contributed by atoms with Crippen LogP contribution in [0.4, 0.5) is 0 Å². The number of carbonyl (C=O) groups is 3. The van der Waals surface area contributed by atoms with E-state index >= 15 is 0 Å². The van der Waals surface area contributed by atoms with Crippen molar-refractivity contribution in [2.45, 2.75) is 18.4 Å². The van der Waals surface area contributed by atoms with Crippen LogP contribution in [0.25, 0.3) is 0 Å². The lowest BCUT2D eigenvalue weighted by Crippen LogP contribution is -2.42. The van der Waals surface area contributed by atoms with E-state index in [0.29, 0.717) is 0 Å². The summed E-state index contributed by atoms with van der Waals surface area (Å²) < 4.78 is 0. The molecule has 0 fully saturated rings. The zero-order valence-corrected chi connectivity index (χ0v) is 8.15. The van der Waals surface area contributed by atoms with Gasteiger partial charge in [-0.1, -0.05) is 0 Å². The van der Waals surface area contributed by atoms with Crippen LogP contribution in [0, 0.1) is 0 Å². The largest absolute Gasteiger partial charge is 0.481 e. The molecule has 0 bridgehead atoms. The van der Waals surface area contributed by atoms with Crippen molar-refractivity contribution in [3.05, 3.63) is 0 Å². The summed E-state index contributed by atoms with van der Waals surface area (Å²) in [6.45, 7) is 0. The van der Waals surface area contributed by atoms with Crippen LogP contribution < -0.4 is 0 Å². The Labute approximate surface area is 89.9 Å². The van der Waals surface area contributed by atoms with Crippen molar-refractivity contribution in [3.8, 4) is 0 Å². The van der Waals surface area contributed by atoms with Gasteiger partial charge in [0.1, 0.15) is 0 Å². The Balaban J connectivity index is -0.000000720. The van der Waals surface area contributed by atoms with Crippen LogP contribution in [0.5, 0.6) is 0 Å². The van der Waals surface area contributed by atoms with Crippen LogP contribution >= 0.6 is 12.4 Å². The molecule has 15 heavy (non-hydrogen) atoms. The first kappa shape index (κ1) is 19.2. The topological polar surface area (TPSA) is 164 Å². The number of carboxylic acid groups (broad SMARTS) is 3. The van der Waals surface area contributed by atoms with Gasteiger partial charge in [0, 0.05) is 0 Å². The molecule has 6 N–H and O–H groups in total. The highest BCUT2D eigenvalue weighted by Gasteiger charge is 2.40. The van der Waals surface area contributed by atoms with E-state index in [1.165, 1.54) is 0 Å². The maximum Gasteiger partial charge on any atom is 0.336 e. The third-order valence-electron chi connectivity index (χ3n) is 1.29. The average molecular weight is 247 g/mol. The molecular formula is C6H11ClO8. The number of rotatable bonds is 5. The Morgan fingerprint density at radius 3 is 1.33 bits per heavy atom. The molecule has 0 aliphatic rings. The Morgan fingerprint density at radius 2 is 1.20 bits per heavy atom. The van der Waals surface area contributed by atoms with E-state index in [1.807, 2.05) is 0 Å². The van der Waals surface area contributed by atoms with E-state index in [0.717, 1.165) is 0 Å². The molecule has 9 heteroatoms. The quantitative estimate of drug-likeness (QED) is 0.451. The van der Waals surface area contributed by atoms with Gasteiger partial charge in [0.05, 0.1) is 12.8 Å². The third-order valence-corrected chi connectivity index (χ3v) is 1.29. The maximum atomic E-state index is 10.3. The van der Waals surface area contributed by atoms with Crippen molar-refractivity contribution >= 4 is 30.3 Å². The van der Waals surface area contributed by atoms with Crippen LogP contribution in [0.3, 0.4) is 0 Å². The fourth-order valence-electron chi connectivity index (χ4n) is 0.714. The number of halogens is 1. The highest BCUT2D eigenvalue weighted by atomic mass is 35.5. The molecule has 0 saturated carbocycles. The van der Waals surface area contributed by atoms with E-state index in [-0.39, 0.29) is 17.9 Å². The minimum Gasteiger partial charge on any atom is -0.481 e. The summed E-state index contributed by atoms with van der Waals surface area (Å²) in [4.78, 5) is 30.5. The number of aliphatic hydroxyl groups is 1. The lowest BCUT2D eigenvalue weighted by atomic mass is 9.96. The van der Waals surface area contributed by atoms with Gasteiger partial charge in [-0.05, 0) is 0 Å². The van der Waals surface area contributed by atoms with Gasteiger partial charge in [0.25, 0.3) is 0 Å². The van der Waals surface area contributed by atoms with Crippen molar-refractivity contribution in [3.63, 3.8) is 0 Å². The smallest absolute Gasteiger partial charge is 0.336 e. The minimum atomic E-state index is -2.74. The highest BCUT2D eigenvalue weighted by molar-refractivity contribution is 5.88. The Morgan fingerprint density at radius 1 is 0.933 bits per heavy atom. The predicted molar refractivity (Wildman–Crippen MR) is 48.0 cm³/mol. The highest BCUT2D eigenvalue weighted by Crippen LogP contribution is 2.15. The second-order valence-electron chi connectivity index (χ2n) is 2.48. The fraction of sp³-hybridized carbons (Fsp3) is 0.500. The minimum absolute atomic E-state index is 0. The molecule has 0 aromatic heterocycles. The molecule has 0 aliphatic carbocycles. The van der Waals surface area contributed by atoms with Crippen LogP contribution in [-0.4, -0.2) is 49.4 Å². The Kier molecular flexibility index (Phi) is 8.95. The van der Waals surface area contributed by atoms with Gasteiger partial charge < -0.3 is 25.9 Å². The SMILES string of the molecule is Cl.O.O=C(O)CC(O)(CC(=O)O)C(=O)O. The second kappa shape index (κ2) is 6.98. The molecule has 90 valence electrons. The standard InChI is InChI=1S/C6H8O7.ClH.H2O/c7-3(8)1-6(13,5(11)12)2-4(9)10;;/h13H,1-2H2,(H,7,8)(H,9,10)(H,11,12);1H;1H2. The molecule has 0 unspecified atom stereocenters. The molecular weight excluding hydrogens is 236 g/mol. The first-order chi connectivity index (χ1) is 5.78. The predicted octanol–water partition coefficient (Wildman–Crippen LogP) is -1.65. The van der Waals surface area contributed by atoms with E-state index in [4.69, 9.17) is 20.4 Å². The van der Waals surface area contributed by atoms with E-state index in [1.54, 1.807) is 0 Å². The van der Waals surface area contributed by atoms with E-state index < -0.39 is 36.4 Å². The summed E-state index contributed by atoms with van der Waals surface area (Å²) in [5.74, 6) is -5.02. The molecule has 0 amide bonds. The summed E-state index contributed by atoms with van der Waals surface area (Å²) in [6.07, 6.45) is -2.29. The fourth-order valence-corrected chi connectivity index (χ4v) is 0.714. The zero-order chi connectivity index (χ0) is 10.6. The molecule has 0 atom stereocenters. The second-order valence-corrected chi connectivity index (χ2v) is 2.48. The van der Waals surface area contributed by atoms with Gasteiger partial charge in [-0.25, -0.2) is 4.79 Å². The van der Waals surface area contributed by atoms with Gasteiger partial charge >= 0.3 is 17.9 Å². The van der Waals surface area contributed by atoms with Crippen LogP contribution in [0.2, 0.25) is 0 Å². The lowest BCUT2D eigenvalue weighted by Gasteiger charge is -2.18. The third kappa shape index (κ3) is 6.66. The molecule has 0 aliphatic heterocycles. The molecule has 0 rings (SSSR count). The number of aliphatic carboxylic acids is 3. The maximum absolute atomic E-state index is 10.3. The monoisotopic (exact) mass is 246 g/mol. The summed E-state index contributed by atoms with van der Waals surface area (Å²) in [7, 11) is 0. The number of carboxylic acids is 3. The molecule has 0 radical (unpaired) electrons. The molecule has 0 heterocycles. The average Bonchev–Trinajstić information content (AvgIpc) is 1.82.